The van der Waals surface area contributed by atoms with Crippen molar-refractivity contribution in [1.82, 2.24) is 10.6 Å². The molecule has 10 heteroatoms. The molecule has 3 rings (SSSR count). The number of nitrogens with one attached hydrogen (secondary N) is 2. The zero-order chi connectivity index (χ0) is 25.6. The van der Waals surface area contributed by atoms with E-state index < -0.39 is 42.3 Å². The number of rotatable bonds is 9. The van der Waals surface area contributed by atoms with E-state index in [9.17, 15) is 14.4 Å². The standard InChI is InChI=1S/C25H32BN3O6/c1-24(2)25(3,4)35-26(34-24)19-12-10-17(11-13-19)14-20(22(27)31)29-21(30)15-28-23(32)33-16-18-8-6-5-7-9-18/h5-13,20H,14-16H2,1-4H3,(H2,27,31)(H,28,32)(H,29,30)/t20-/m0/s1. The van der Waals surface area contributed by atoms with Crippen LogP contribution in [0.4, 0.5) is 4.79 Å². The molecule has 1 aliphatic heterocycles. The second-order valence-electron chi connectivity index (χ2n) is 9.47. The monoisotopic (exact) mass is 481 g/mol. The minimum atomic E-state index is -0.938. The lowest BCUT2D eigenvalue weighted by Gasteiger charge is -2.32. The number of nitrogens with two attached hydrogens (primary N) is 1. The molecule has 1 atom stereocenters. The minimum absolute atomic E-state index is 0.0835. The molecule has 1 fully saturated rings. The van der Waals surface area contributed by atoms with Crippen LogP contribution in [0.2, 0.25) is 0 Å². The first-order valence-corrected chi connectivity index (χ1v) is 11.4. The van der Waals surface area contributed by atoms with E-state index in [0.29, 0.717) is 0 Å². The number of primary amides is 1. The van der Waals surface area contributed by atoms with Crippen LogP contribution in [-0.4, -0.2) is 48.8 Å². The van der Waals surface area contributed by atoms with Gasteiger partial charge in [0.2, 0.25) is 11.8 Å². The number of alkyl carbamates (subject to hydrolysis) is 1. The second-order valence-corrected chi connectivity index (χ2v) is 9.47. The van der Waals surface area contributed by atoms with Crippen LogP contribution in [0.25, 0.3) is 0 Å². The normalized spacial score (nSPS) is 16.9. The summed E-state index contributed by atoms with van der Waals surface area (Å²) in [5.74, 6) is -1.24. The number of ether oxygens (including phenoxy) is 1. The first-order chi connectivity index (χ1) is 16.5. The van der Waals surface area contributed by atoms with Crippen molar-refractivity contribution in [3.63, 3.8) is 0 Å². The first-order valence-electron chi connectivity index (χ1n) is 11.4. The second kappa shape index (κ2) is 10.9. The fourth-order valence-corrected chi connectivity index (χ4v) is 3.42. The molecule has 2 aromatic carbocycles. The molecule has 3 amide bonds. The summed E-state index contributed by atoms with van der Waals surface area (Å²) in [7, 11) is -0.492. The predicted octanol–water partition coefficient (Wildman–Crippen LogP) is 1.42. The van der Waals surface area contributed by atoms with Crippen molar-refractivity contribution >= 4 is 30.5 Å². The highest BCUT2D eigenvalue weighted by atomic mass is 16.7. The molecule has 9 nitrogen and oxygen atoms in total. The molecule has 1 saturated heterocycles. The van der Waals surface area contributed by atoms with E-state index in [2.05, 4.69) is 10.6 Å². The summed E-state index contributed by atoms with van der Waals surface area (Å²) >= 11 is 0. The van der Waals surface area contributed by atoms with Crippen LogP contribution in [0, 0.1) is 0 Å². The van der Waals surface area contributed by atoms with Crippen molar-refractivity contribution < 1.29 is 28.4 Å². The van der Waals surface area contributed by atoms with Crippen molar-refractivity contribution in [3.8, 4) is 0 Å². The molecular weight excluding hydrogens is 449 g/mol. The highest BCUT2D eigenvalue weighted by Gasteiger charge is 2.51. The maximum absolute atomic E-state index is 12.3. The molecule has 0 aliphatic carbocycles. The SMILES string of the molecule is CC1(C)OB(c2ccc(C[C@H](NC(=O)CNC(=O)OCc3ccccc3)C(N)=O)cc2)OC1(C)C. The molecule has 0 spiro atoms. The summed E-state index contributed by atoms with van der Waals surface area (Å²) < 4.78 is 17.2. The van der Waals surface area contributed by atoms with Gasteiger partial charge >= 0.3 is 13.2 Å². The quantitative estimate of drug-likeness (QED) is 0.465. The fraction of sp³-hybridized carbons (Fsp3) is 0.400. The van der Waals surface area contributed by atoms with E-state index in [0.717, 1.165) is 16.6 Å². The summed E-state index contributed by atoms with van der Waals surface area (Å²) in [5, 5.41) is 4.91. The van der Waals surface area contributed by atoms with E-state index >= 15 is 0 Å². The molecular formula is C25H32BN3O6. The van der Waals surface area contributed by atoms with Gasteiger partial charge in [0.1, 0.15) is 19.2 Å². The van der Waals surface area contributed by atoms with Gasteiger partial charge in [0.15, 0.2) is 0 Å². The van der Waals surface area contributed by atoms with Gasteiger partial charge in [-0.25, -0.2) is 4.79 Å². The Balaban J connectivity index is 1.48. The lowest BCUT2D eigenvalue weighted by atomic mass is 9.78. The molecule has 0 saturated carbocycles. The Hall–Kier alpha value is -3.37. The average Bonchev–Trinajstić information content (AvgIpc) is 3.03. The highest BCUT2D eigenvalue weighted by molar-refractivity contribution is 6.62. The van der Waals surface area contributed by atoms with Crippen LogP contribution >= 0.6 is 0 Å². The van der Waals surface area contributed by atoms with Gasteiger partial charge in [-0.1, -0.05) is 54.6 Å². The van der Waals surface area contributed by atoms with Gasteiger partial charge in [0.05, 0.1) is 11.2 Å². The lowest BCUT2D eigenvalue weighted by Crippen LogP contribution is -2.49. The molecule has 186 valence electrons. The Bertz CT molecular complexity index is 1030. The maximum atomic E-state index is 12.3. The Morgan fingerprint density at radius 1 is 0.943 bits per heavy atom. The molecule has 0 unspecified atom stereocenters. The summed E-state index contributed by atoms with van der Waals surface area (Å²) in [6.07, 6.45) is -0.540. The molecule has 4 N–H and O–H groups in total. The number of hydrogen-bond donors (Lipinski definition) is 3. The summed E-state index contributed by atoms with van der Waals surface area (Å²) in [6.45, 7) is 7.68. The van der Waals surface area contributed by atoms with Gasteiger partial charge in [-0.15, -0.1) is 0 Å². The molecule has 2 aromatic rings. The van der Waals surface area contributed by atoms with Crippen molar-refractivity contribution in [3.05, 3.63) is 65.7 Å². The van der Waals surface area contributed by atoms with Gasteiger partial charge in [-0.2, -0.15) is 0 Å². The maximum Gasteiger partial charge on any atom is 0.494 e. The third-order valence-corrected chi connectivity index (χ3v) is 6.23. The third kappa shape index (κ3) is 7.06. The Morgan fingerprint density at radius 3 is 2.11 bits per heavy atom. The van der Waals surface area contributed by atoms with Crippen LogP contribution in [-0.2, 0) is 36.7 Å². The largest absolute Gasteiger partial charge is 0.494 e. The summed E-state index contributed by atoms with van der Waals surface area (Å²) in [6, 6.07) is 15.6. The van der Waals surface area contributed by atoms with Crippen LogP contribution in [0.15, 0.2) is 54.6 Å². The predicted molar refractivity (Wildman–Crippen MR) is 132 cm³/mol. The Morgan fingerprint density at radius 2 is 1.54 bits per heavy atom. The minimum Gasteiger partial charge on any atom is -0.445 e. The van der Waals surface area contributed by atoms with Gasteiger partial charge < -0.3 is 30.4 Å². The fourth-order valence-electron chi connectivity index (χ4n) is 3.42. The van der Waals surface area contributed by atoms with Crippen molar-refractivity contribution in [2.45, 2.75) is 58.0 Å². The van der Waals surface area contributed by atoms with E-state index in [-0.39, 0.29) is 19.6 Å². The highest BCUT2D eigenvalue weighted by Crippen LogP contribution is 2.36. The number of hydrogen-bond acceptors (Lipinski definition) is 6. The molecule has 35 heavy (non-hydrogen) atoms. The van der Waals surface area contributed by atoms with Gasteiger partial charge in [-0.05, 0) is 44.3 Å². The third-order valence-electron chi connectivity index (χ3n) is 6.23. The summed E-state index contributed by atoms with van der Waals surface area (Å²) in [4.78, 5) is 36.0. The van der Waals surface area contributed by atoms with E-state index in [1.54, 1.807) is 0 Å². The van der Waals surface area contributed by atoms with Gasteiger partial charge in [-0.3, -0.25) is 9.59 Å². The van der Waals surface area contributed by atoms with E-state index in [4.69, 9.17) is 19.8 Å². The summed E-state index contributed by atoms with van der Waals surface area (Å²) in [5.41, 5.74) is 7.07. The average molecular weight is 481 g/mol. The van der Waals surface area contributed by atoms with E-state index in [1.165, 1.54) is 0 Å². The molecule has 0 radical (unpaired) electrons. The Labute approximate surface area is 205 Å². The number of carbonyl (C=O) groups excluding carboxylic acids is 3. The van der Waals surface area contributed by atoms with Crippen LogP contribution < -0.4 is 21.8 Å². The number of benzene rings is 2. The van der Waals surface area contributed by atoms with Gasteiger partial charge in [0, 0.05) is 6.42 Å². The van der Waals surface area contributed by atoms with Crippen molar-refractivity contribution in [2.75, 3.05) is 6.54 Å². The van der Waals surface area contributed by atoms with Crippen LogP contribution in [0.5, 0.6) is 0 Å². The topological polar surface area (TPSA) is 129 Å². The van der Waals surface area contributed by atoms with Crippen molar-refractivity contribution in [2.24, 2.45) is 5.73 Å². The smallest absolute Gasteiger partial charge is 0.445 e. The van der Waals surface area contributed by atoms with Crippen LogP contribution in [0.1, 0.15) is 38.8 Å². The zero-order valence-corrected chi connectivity index (χ0v) is 20.5. The molecule has 0 bridgehead atoms. The molecule has 1 heterocycles. The number of carbonyl (C=O) groups is 3. The first kappa shape index (κ1) is 26.2. The van der Waals surface area contributed by atoms with Gasteiger partial charge in [0.25, 0.3) is 0 Å². The number of amides is 3. The van der Waals surface area contributed by atoms with Crippen molar-refractivity contribution in [1.29, 1.82) is 0 Å². The Kier molecular flexibility index (Phi) is 8.19. The van der Waals surface area contributed by atoms with Crippen LogP contribution in [0.3, 0.4) is 0 Å². The lowest BCUT2D eigenvalue weighted by molar-refractivity contribution is -0.126. The molecule has 0 aromatic heterocycles. The molecule has 1 aliphatic rings. The zero-order valence-electron chi connectivity index (χ0n) is 20.5. The van der Waals surface area contributed by atoms with E-state index in [1.807, 2.05) is 82.3 Å².